The Balaban J connectivity index is 1.70. The molecule has 33 heavy (non-hydrogen) atoms. The van der Waals surface area contributed by atoms with E-state index in [1.807, 2.05) is 19.2 Å². The van der Waals surface area contributed by atoms with Gasteiger partial charge in [-0.25, -0.2) is 0 Å². The van der Waals surface area contributed by atoms with Gasteiger partial charge in [0, 0.05) is 31.7 Å². The zero-order valence-electron chi connectivity index (χ0n) is 20.1. The van der Waals surface area contributed by atoms with Crippen LogP contribution < -0.4 is 5.32 Å². The second-order valence-corrected chi connectivity index (χ2v) is 9.75. The van der Waals surface area contributed by atoms with Crippen LogP contribution in [0.5, 0.6) is 0 Å². The smallest absolute Gasteiger partial charge is 0.278 e. The third-order valence-corrected chi connectivity index (χ3v) is 7.36. The first kappa shape index (κ1) is 23.5. The van der Waals surface area contributed by atoms with Crippen LogP contribution in [0.1, 0.15) is 63.9 Å². The highest BCUT2D eigenvalue weighted by atomic mass is 16.2. The number of benzene rings is 1. The van der Waals surface area contributed by atoms with E-state index < -0.39 is 0 Å². The molecule has 0 bridgehead atoms. The molecule has 1 saturated heterocycles. The molecular weight excluding hydrogens is 416 g/mol. The van der Waals surface area contributed by atoms with E-state index in [0.29, 0.717) is 17.0 Å². The van der Waals surface area contributed by atoms with Gasteiger partial charge in [0.2, 0.25) is 5.91 Å². The molecule has 3 aliphatic rings. The predicted molar refractivity (Wildman–Crippen MR) is 129 cm³/mol. The molecular formula is C26H36N4O3. The van der Waals surface area contributed by atoms with Crippen molar-refractivity contribution in [1.29, 1.82) is 0 Å². The minimum atomic E-state index is -0.172. The summed E-state index contributed by atoms with van der Waals surface area (Å²) in [7, 11) is 4.09. The molecule has 1 N–H and O–H groups in total. The molecule has 0 unspecified atom stereocenters. The fraction of sp³-hybridized carbons (Fsp3) is 0.577. The Bertz CT molecular complexity index is 923. The Labute approximate surface area is 196 Å². The molecule has 2 aliphatic heterocycles. The molecule has 0 atom stereocenters. The van der Waals surface area contributed by atoms with Crippen molar-refractivity contribution in [1.82, 2.24) is 14.7 Å². The number of amides is 3. The van der Waals surface area contributed by atoms with E-state index in [2.05, 4.69) is 22.2 Å². The van der Waals surface area contributed by atoms with E-state index in [4.69, 9.17) is 0 Å². The van der Waals surface area contributed by atoms with Gasteiger partial charge in [-0.1, -0.05) is 37.8 Å². The van der Waals surface area contributed by atoms with Crippen LogP contribution in [0.25, 0.3) is 5.57 Å². The molecule has 1 aromatic carbocycles. The number of hydrogen-bond acceptors (Lipinski definition) is 5. The van der Waals surface area contributed by atoms with Crippen LogP contribution in [0.4, 0.5) is 5.69 Å². The largest absolute Gasteiger partial charge is 0.366 e. The van der Waals surface area contributed by atoms with Gasteiger partial charge in [-0.2, -0.15) is 0 Å². The minimum absolute atomic E-state index is 0.0236. The maximum Gasteiger partial charge on any atom is 0.278 e. The fourth-order valence-corrected chi connectivity index (χ4v) is 5.46. The van der Waals surface area contributed by atoms with Crippen LogP contribution in [0.3, 0.4) is 0 Å². The molecule has 1 aliphatic carbocycles. The number of likely N-dealkylation sites (N-methyl/N-ethyl adjacent to an activating group) is 1. The number of anilines is 1. The van der Waals surface area contributed by atoms with Gasteiger partial charge in [-0.15, -0.1) is 0 Å². The number of likely N-dealkylation sites (tertiary alicyclic amines) is 1. The number of rotatable bonds is 5. The summed E-state index contributed by atoms with van der Waals surface area (Å²) < 4.78 is 0. The third-order valence-electron chi connectivity index (χ3n) is 7.36. The lowest BCUT2D eigenvalue weighted by Gasteiger charge is -2.37. The Hall–Kier alpha value is -2.67. The molecule has 2 heterocycles. The van der Waals surface area contributed by atoms with Gasteiger partial charge in [0.15, 0.2) is 0 Å². The topological polar surface area (TPSA) is 73.0 Å². The van der Waals surface area contributed by atoms with Gasteiger partial charge < -0.3 is 15.1 Å². The molecule has 0 spiro atoms. The Morgan fingerprint density at radius 1 is 0.939 bits per heavy atom. The molecule has 7 nitrogen and oxygen atoms in total. The zero-order chi connectivity index (χ0) is 23.5. The van der Waals surface area contributed by atoms with Gasteiger partial charge in [0.05, 0.1) is 5.57 Å². The number of imide groups is 1. The van der Waals surface area contributed by atoms with Gasteiger partial charge in [0.25, 0.3) is 11.8 Å². The first-order valence-corrected chi connectivity index (χ1v) is 12.3. The first-order valence-electron chi connectivity index (χ1n) is 12.3. The molecule has 178 valence electrons. The standard InChI is InChI=1S/C26H36N4O3/c1-18(31)27-20-12-10-19(11-13-20)23-24(29(3)21-14-16-28(2)17-15-21)26(33)30(25(23)32)22-8-6-4-5-7-9-22/h10-13,21-22H,4-9,14-17H2,1-3H3,(H,27,31). The lowest BCUT2D eigenvalue weighted by molar-refractivity contribution is -0.140. The van der Waals surface area contributed by atoms with Crippen LogP contribution in [0, 0.1) is 0 Å². The summed E-state index contributed by atoms with van der Waals surface area (Å²) in [6, 6.07) is 7.47. The zero-order valence-corrected chi connectivity index (χ0v) is 20.1. The summed E-state index contributed by atoms with van der Waals surface area (Å²) in [5.74, 6) is -0.459. The second-order valence-electron chi connectivity index (χ2n) is 9.75. The van der Waals surface area contributed by atoms with E-state index in [-0.39, 0.29) is 29.8 Å². The van der Waals surface area contributed by atoms with Gasteiger partial charge in [-0.3, -0.25) is 19.3 Å². The van der Waals surface area contributed by atoms with Gasteiger partial charge >= 0.3 is 0 Å². The maximum absolute atomic E-state index is 13.8. The Morgan fingerprint density at radius 3 is 2.12 bits per heavy atom. The van der Waals surface area contributed by atoms with Crippen LogP contribution >= 0.6 is 0 Å². The molecule has 1 saturated carbocycles. The van der Waals surface area contributed by atoms with Crippen molar-refractivity contribution in [3.8, 4) is 0 Å². The highest BCUT2D eigenvalue weighted by Crippen LogP contribution is 2.37. The Morgan fingerprint density at radius 2 is 1.55 bits per heavy atom. The van der Waals surface area contributed by atoms with Crippen molar-refractivity contribution < 1.29 is 14.4 Å². The number of nitrogens with zero attached hydrogens (tertiary/aromatic N) is 3. The monoisotopic (exact) mass is 452 g/mol. The van der Waals surface area contributed by atoms with Crippen molar-refractivity contribution in [2.24, 2.45) is 0 Å². The maximum atomic E-state index is 13.8. The van der Waals surface area contributed by atoms with Gasteiger partial charge in [-0.05, 0) is 63.5 Å². The van der Waals surface area contributed by atoms with E-state index in [1.54, 1.807) is 17.0 Å². The van der Waals surface area contributed by atoms with E-state index in [0.717, 1.165) is 57.2 Å². The molecule has 4 rings (SSSR count). The molecule has 2 fully saturated rings. The number of nitrogens with one attached hydrogen (secondary N) is 1. The fourth-order valence-electron chi connectivity index (χ4n) is 5.46. The summed E-state index contributed by atoms with van der Waals surface area (Å²) in [4.78, 5) is 44.9. The van der Waals surface area contributed by atoms with Crippen LogP contribution in [0.15, 0.2) is 30.0 Å². The molecule has 3 amide bonds. The molecule has 0 aromatic heterocycles. The normalized spacial score (nSPS) is 21.5. The average molecular weight is 453 g/mol. The third kappa shape index (κ3) is 4.98. The first-order chi connectivity index (χ1) is 15.9. The average Bonchev–Trinajstić information content (AvgIpc) is 2.94. The lowest BCUT2D eigenvalue weighted by Crippen LogP contribution is -2.45. The van der Waals surface area contributed by atoms with Crippen LogP contribution in [-0.4, -0.2) is 71.7 Å². The van der Waals surface area contributed by atoms with Crippen LogP contribution in [-0.2, 0) is 14.4 Å². The van der Waals surface area contributed by atoms with E-state index in [1.165, 1.54) is 19.8 Å². The van der Waals surface area contributed by atoms with Crippen molar-refractivity contribution in [2.45, 2.75) is 70.4 Å². The molecule has 1 aromatic rings. The Kier molecular flexibility index (Phi) is 7.17. The number of hydrogen-bond donors (Lipinski definition) is 1. The summed E-state index contributed by atoms with van der Waals surface area (Å²) in [5, 5.41) is 2.77. The van der Waals surface area contributed by atoms with Crippen molar-refractivity contribution in [3.63, 3.8) is 0 Å². The quantitative estimate of drug-likeness (QED) is 0.547. The number of carbonyl (C=O) groups excluding carboxylic acids is 3. The van der Waals surface area contributed by atoms with Crippen LogP contribution in [0.2, 0.25) is 0 Å². The number of carbonyl (C=O) groups is 3. The van der Waals surface area contributed by atoms with E-state index in [9.17, 15) is 14.4 Å². The SMILES string of the molecule is CC(=O)Nc1ccc(C2=C(N(C)C3CCN(C)CC3)C(=O)N(C3CCCCCC3)C2=O)cc1. The van der Waals surface area contributed by atoms with Crippen molar-refractivity contribution >= 4 is 29.0 Å². The highest BCUT2D eigenvalue weighted by Gasteiger charge is 2.45. The highest BCUT2D eigenvalue weighted by molar-refractivity contribution is 6.35. The molecule has 7 heteroatoms. The van der Waals surface area contributed by atoms with Gasteiger partial charge in [0.1, 0.15) is 5.70 Å². The predicted octanol–water partition coefficient (Wildman–Crippen LogP) is 3.47. The number of piperidine rings is 1. The molecule has 0 radical (unpaired) electrons. The summed E-state index contributed by atoms with van der Waals surface area (Å²) in [6.45, 7) is 3.43. The van der Waals surface area contributed by atoms with E-state index >= 15 is 0 Å². The summed E-state index contributed by atoms with van der Waals surface area (Å²) in [6.07, 6.45) is 8.16. The summed E-state index contributed by atoms with van der Waals surface area (Å²) in [5.41, 5.74) is 2.44. The van der Waals surface area contributed by atoms with Crippen molar-refractivity contribution in [2.75, 3.05) is 32.5 Å². The van der Waals surface area contributed by atoms with Crippen molar-refractivity contribution in [3.05, 3.63) is 35.5 Å². The second kappa shape index (κ2) is 10.1. The lowest BCUT2D eigenvalue weighted by atomic mass is 10.00. The minimum Gasteiger partial charge on any atom is -0.366 e. The summed E-state index contributed by atoms with van der Waals surface area (Å²) >= 11 is 0.